The molecule has 0 aliphatic carbocycles. The Morgan fingerprint density at radius 2 is 2.56 bits per heavy atom. The van der Waals surface area contributed by atoms with Crippen LogP contribution in [0.3, 0.4) is 0 Å². The summed E-state index contributed by atoms with van der Waals surface area (Å²) in [7, 11) is 0. The summed E-state index contributed by atoms with van der Waals surface area (Å²) in [6.45, 7) is 1.84. The smallest absolute Gasteiger partial charge is 0.191 e. The van der Waals surface area contributed by atoms with Crippen molar-refractivity contribution >= 4 is 15.9 Å². The summed E-state index contributed by atoms with van der Waals surface area (Å²) < 4.78 is 4.99. The summed E-state index contributed by atoms with van der Waals surface area (Å²) in [6, 6.07) is 0. The molecule has 0 radical (unpaired) electrons. The summed E-state index contributed by atoms with van der Waals surface area (Å²) in [5.41, 5.74) is 1.02. The maximum absolute atomic E-state index is 4.99. The van der Waals surface area contributed by atoms with Crippen LogP contribution in [-0.4, -0.2) is 10.3 Å². The average Bonchev–Trinajstić information content (AvgIpc) is 2.17. The summed E-state index contributed by atoms with van der Waals surface area (Å²) in [5.74, 6) is 0.742. The van der Waals surface area contributed by atoms with Gasteiger partial charge in [0.1, 0.15) is 6.26 Å². The second-order valence-corrected chi connectivity index (χ2v) is 2.59. The summed E-state index contributed by atoms with van der Waals surface area (Å²) >= 11 is 3.31. The molecule has 0 saturated heterocycles. The lowest BCUT2D eigenvalue weighted by Crippen LogP contribution is -1.84. The Bertz CT molecular complexity index is 185. The van der Waals surface area contributed by atoms with Crippen molar-refractivity contribution in [2.45, 2.75) is 13.3 Å². The maximum Gasteiger partial charge on any atom is 0.191 e. The van der Waals surface area contributed by atoms with Gasteiger partial charge in [-0.2, -0.15) is 0 Å². The molecule has 3 heteroatoms. The Labute approximate surface area is 62.4 Å². The Morgan fingerprint density at radius 3 is 3.00 bits per heavy atom. The molecule has 9 heavy (non-hydrogen) atoms. The monoisotopic (exact) mass is 189 g/mol. The zero-order valence-electron chi connectivity index (χ0n) is 5.22. The first-order valence-corrected chi connectivity index (χ1v) is 3.92. The molecule has 1 aromatic heterocycles. The molecule has 0 bridgehead atoms. The van der Waals surface area contributed by atoms with Gasteiger partial charge >= 0.3 is 0 Å². The van der Waals surface area contributed by atoms with Crippen LogP contribution in [0.4, 0.5) is 0 Å². The Balaban J connectivity index is 2.61. The molecule has 0 unspecified atom stereocenters. The molecule has 0 amide bonds. The average molecular weight is 190 g/mol. The molecule has 0 N–H and O–H groups in total. The highest BCUT2D eigenvalue weighted by molar-refractivity contribution is 9.09. The molecule has 0 spiro atoms. The standard InChI is InChI=1S/C6H8BrNO/c1-5-8-6(2-3-7)4-9-5/h4H,2-3H2,1H3. The van der Waals surface area contributed by atoms with Crippen molar-refractivity contribution < 1.29 is 4.42 Å². The topological polar surface area (TPSA) is 26.0 Å². The second kappa shape index (κ2) is 3.01. The number of aryl methyl sites for hydroxylation is 2. The van der Waals surface area contributed by atoms with Crippen molar-refractivity contribution in [1.82, 2.24) is 4.98 Å². The quantitative estimate of drug-likeness (QED) is 0.665. The highest BCUT2D eigenvalue weighted by Crippen LogP contribution is 2.01. The van der Waals surface area contributed by atoms with Crippen LogP contribution in [0.2, 0.25) is 0 Å². The molecule has 1 rings (SSSR count). The fourth-order valence-corrected chi connectivity index (χ4v) is 1.03. The number of hydrogen-bond donors (Lipinski definition) is 0. The number of halogens is 1. The third-order valence-corrected chi connectivity index (χ3v) is 1.41. The second-order valence-electron chi connectivity index (χ2n) is 1.80. The van der Waals surface area contributed by atoms with Gasteiger partial charge in [0.15, 0.2) is 5.89 Å². The van der Waals surface area contributed by atoms with Gasteiger partial charge in [0.2, 0.25) is 0 Å². The highest BCUT2D eigenvalue weighted by atomic mass is 79.9. The van der Waals surface area contributed by atoms with Crippen molar-refractivity contribution in [3.63, 3.8) is 0 Å². The van der Waals surface area contributed by atoms with E-state index in [-0.39, 0.29) is 0 Å². The van der Waals surface area contributed by atoms with Crippen LogP contribution in [-0.2, 0) is 6.42 Å². The lowest BCUT2D eigenvalue weighted by molar-refractivity contribution is 0.520. The predicted octanol–water partition coefficient (Wildman–Crippen LogP) is 1.92. The maximum atomic E-state index is 4.99. The zero-order chi connectivity index (χ0) is 6.69. The number of aromatic nitrogens is 1. The molecule has 1 aromatic rings. The number of nitrogens with zero attached hydrogens (tertiary/aromatic N) is 1. The molecule has 0 aliphatic rings. The number of oxazole rings is 1. The minimum atomic E-state index is 0.742. The first-order valence-electron chi connectivity index (χ1n) is 2.80. The van der Waals surface area contributed by atoms with E-state index >= 15 is 0 Å². The summed E-state index contributed by atoms with van der Waals surface area (Å²) in [5, 5.41) is 0.943. The van der Waals surface area contributed by atoms with E-state index in [2.05, 4.69) is 20.9 Å². The van der Waals surface area contributed by atoms with Gasteiger partial charge in [-0.05, 0) is 0 Å². The fourth-order valence-electron chi connectivity index (χ4n) is 0.620. The van der Waals surface area contributed by atoms with Crippen LogP contribution in [0, 0.1) is 6.92 Å². The first-order chi connectivity index (χ1) is 4.33. The van der Waals surface area contributed by atoms with E-state index in [9.17, 15) is 0 Å². The van der Waals surface area contributed by atoms with Crippen molar-refractivity contribution in [2.24, 2.45) is 0 Å². The van der Waals surface area contributed by atoms with Gasteiger partial charge in [0.05, 0.1) is 5.69 Å². The van der Waals surface area contributed by atoms with Crippen LogP contribution < -0.4 is 0 Å². The largest absolute Gasteiger partial charge is 0.449 e. The van der Waals surface area contributed by atoms with Crippen molar-refractivity contribution in [3.8, 4) is 0 Å². The molecule has 0 atom stereocenters. The molecular formula is C6H8BrNO. The highest BCUT2D eigenvalue weighted by Gasteiger charge is 1.95. The normalized spacial score (nSPS) is 10.0. The first kappa shape index (κ1) is 6.81. The molecule has 0 aromatic carbocycles. The minimum Gasteiger partial charge on any atom is -0.449 e. The molecule has 2 nitrogen and oxygen atoms in total. The van der Waals surface area contributed by atoms with E-state index in [0.717, 1.165) is 23.3 Å². The van der Waals surface area contributed by atoms with Gasteiger partial charge in [-0.1, -0.05) is 15.9 Å². The lowest BCUT2D eigenvalue weighted by atomic mass is 10.4. The molecule has 0 fully saturated rings. The van der Waals surface area contributed by atoms with E-state index in [1.165, 1.54) is 0 Å². The Hall–Kier alpha value is -0.310. The molecule has 50 valence electrons. The molecule has 1 heterocycles. The van der Waals surface area contributed by atoms with Crippen LogP contribution in [0.1, 0.15) is 11.6 Å². The van der Waals surface area contributed by atoms with Crippen LogP contribution in [0.5, 0.6) is 0 Å². The lowest BCUT2D eigenvalue weighted by Gasteiger charge is -1.82. The third kappa shape index (κ3) is 1.82. The van der Waals surface area contributed by atoms with Gasteiger partial charge in [0, 0.05) is 18.7 Å². The molecule has 0 aliphatic heterocycles. The van der Waals surface area contributed by atoms with Crippen LogP contribution in [0.15, 0.2) is 10.7 Å². The fraction of sp³-hybridized carbons (Fsp3) is 0.500. The van der Waals surface area contributed by atoms with E-state index in [1.807, 2.05) is 6.92 Å². The third-order valence-electron chi connectivity index (χ3n) is 1.02. The van der Waals surface area contributed by atoms with Crippen molar-refractivity contribution in [3.05, 3.63) is 17.8 Å². The van der Waals surface area contributed by atoms with E-state index < -0.39 is 0 Å². The van der Waals surface area contributed by atoms with Crippen molar-refractivity contribution in [1.29, 1.82) is 0 Å². The SMILES string of the molecule is Cc1nc(CCBr)co1. The van der Waals surface area contributed by atoms with Crippen molar-refractivity contribution in [2.75, 3.05) is 5.33 Å². The Morgan fingerprint density at radius 1 is 1.78 bits per heavy atom. The van der Waals surface area contributed by atoms with Crippen LogP contribution in [0.25, 0.3) is 0 Å². The van der Waals surface area contributed by atoms with Gasteiger partial charge in [0.25, 0.3) is 0 Å². The van der Waals surface area contributed by atoms with Gasteiger partial charge in [-0.3, -0.25) is 0 Å². The van der Waals surface area contributed by atoms with Gasteiger partial charge in [-0.25, -0.2) is 4.98 Å². The number of alkyl halides is 1. The van der Waals surface area contributed by atoms with Crippen LogP contribution >= 0.6 is 15.9 Å². The van der Waals surface area contributed by atoms with E-state index in [4.69, 9.17) is 4.42 Å². The summed E-state index contributed by atoms with van der Waals surface area (Å²) in [4.78, 5) is 4.10. The predicted molar refractivity (Wildman–Crippen MR) is 38.7 cm³/mol. The summed E-state index contributed by atoms with van der Waals surface area (Å²) in [6.07, 6.45) is 2.63. The molecular weight excluding hydrogens is 182 g/mol. The van der Waals surface area contributed by atoms with Gasteiger partial charge < -0.3 is 4.42 Å². The van der Waals surface area contributed by atoms with E-state index in [1.54, 1.807) is 6.26 Å². The number of hydrogen-bond acceptors (Lipinski definition) is 2. The van der Waals surface area contributed by atoms with E-state index in [0.29, 0.717) is 0 Å². The Kier molecular flexibility index (Phi) is 2.28. The van der Waals surface area contributed by atoms with Gasteiger partial charge in [-0.15, -0.1) is 0 Å². The zero-order valence-corrected chi connectivity index (χ0v) is 6.81. The number of rotatable bonds is 2. The molecule has 0 saturated carbocycles. The minimum absolute atomic E-state index is 0.742.